The predicted molar refractivity (Wildman–Crippen MR) is 159 cm³/mol. The number of nitrogens with one attached hydrogen (secondary N) is 4. The Morgan fingerprint density at radius 1 is 1.00 bits per heavy atom. The van der Waals surface area contributed by atoms with Gasteiger partial charge < -0.3 is 30.7 Å². The minimum Gasteiger partial charge on any atom is -0.353 e. The van der Waals surface area contributed by atoms with E-state index in [1.165, 1.54) is 42.1 Å². The maximum atomic E-state index is 13.4. The Bertz CT molecular complexity index is 1360. The molecule has 1 aliphatic heterocycles. The van der Waals surface area contributed by atoms with Crippen molar-refractivity contribution in [3.05, 3.63) is 28.7 Å². The third-order valence-corrected chi connectivity index (χ3v) is 9.88. The smallest absolute Gasteiger partial charge is 0.287 e. The first-order valence-corrected chi connectivity index (χ1v) is 15.7. The van der Waals surface area contributed by atoms with Crippen molar-refractivity contribution in [1.82, 2.24) is 25.4 Å². The first-order valence-electron chi connectivity index (χ1n) is 15.7. The van der Waals surface area contributed by atoms with Crippen LogP contribution in [0.15, 0.2) is 23.1 Å². The van der Waals surface area contributed by atoms with Crippen LogP contribution < -0.4 is 26.8 Å². The molecule has 13 nitrogen and oxygen atoms in total. The van der Waals surface area contributed by atoms with Gasteiger partial charge in [0.05, 0.1) is 0 Å². The molecule has 4 bridgehead atoms. The molecule has 1 saturated heterocycles. The zero-order chi connectivity index (χ0) is 31.5. The molecule has 2 heterocycles. The third kappa shape index (κ3) is 6.86. The lowest BCUT2D eigenvalue weighted by Gasteiger charge is -2.54. The summed E-state index contributed by atoms with van der Waals surface area (Å²) in [6, 6.07) is 1.04. The van der Waals surface area contributed by atoms with Gasteiger partial charge in [0.2, 0.25) is 29.4 Å². The topological polar surface area (TPSA) is 176 Å². The summed E-state index contributed by atoms with van der Waals surface area (Å²) in [6.45, 7) is 1.58. The zero-order valence-corrected chi connectivity index (χ0v) is 25.3. The van der Waals surface area contributed by atoms with Gasteiger partial charge in [-0.05, 0) is 87.2 Å². The number of hydrogen-bond donors (Lipinski definition) is 4. The maximum Gasteiger partial charge on any atom is 0.287 e. The van der Waals surface area contributed by atoms with Gasteiger partial charge >= 0.3 is 0 Å². The highest BCUT2D eigenvalue weighted by atomic mass is 16.2. The Morgan fingerprint density at radius 2 is 1.68 bits per heavy atom. The van der Waals surface area contributed by atoms with Crippen LogP contribution in [0.5, 0.6) is 0 Å². The van der Waals surface area contributed by atoms with Crippen LogP contribution in [-0.4, -0.2) is 76.5 Å². The second-order valence-electron chi connectivity index (χ2n) is 12.8. The van der Waals surface area contributed by atoms with Gasteiger partial charge in [0.15, 0.2) is 0 Å². The number of rotatable bonds is 11. The molecular formula is C31H42N6O7. The minimum atomic E-state index is -1.27. The monoisotopic (exact) mass is 610 g/mol. The Balaban J connectivity index is 1.24. The standard InChI is InChI=1S/C31H42N6O7/c1-17(38)37-10-4-6-24(37)29(42)33-22(7-8-25(39)30(43)32-2)28(41)34-23-5-3-9-36(31(23)44)16-26(40)35-27-20-12-18-11-19(14-20)15-21(27)13-18/h3,5,9,18-22,24,27H,4,6-8,10-16H2,1-2H3,(H,32,43)(H,33,42)(H,34,41)(H,35,40)/t18?,19?,20?,21?,22-,24-,27?/m0/s1. The van der Waals surface area contributed by atoms with Crippen LogP contribution in [-0.2, 0) is 35.3 Å². The van der Waals surface area contributed by atoms with E-state index < -0.39 is 41.1 Å². The van der Waals surface area contributed by atoms with Crippen LogP contribution in [0, 0.1) is 23.7 Å². The highest BCUT2D eigenvalue weighted by Crippen LogP contribution is 2.53. The summed E-state index contributed by atoms with van der Waals surface area (Å²) in [6.07, 6.45) is 7.92. The number of ketones is 1. The largest absolute Gasteiger partial charge is 0.353 e. The highest BCUT2D eigenvalue weighted by Gasteiger charge is 2.48. The fraction of sp³-hybridized carbons (Fsp3) is 0.645. The van der Waals surface area contributed by atoms with Crippen LogP contribution in [0.4, 0.5) is 5.69 Å². The van der Waals surface area contributed by atoms with Crippen molar-refractivity contribution in [3.8, 4) is 0 Å². The molecule has 4 saturated carbocycles. The van der Waals surface area contributed by atoms with Gasteiger partial charge in [-0.1, -0.05) is 0 Å². The molecule has 0 unspecified atom stereocenters. The van der Waals surface area contributed by atoms with E-state index in [1.807, 2.05) is 0 Å². The van der Waals surface area contributed by atoms with Crippen LogP contribution in [0.1, 0.15) is 64.7 Å². The molecule has 0 spiro atoms. The molecule has 6 rings (SSSR count). The van der Waals surface area contributed by atoms with Crippen molar-refractivity contribution < 1.29 is 28.8 Å². The highest BCUT2D eigenvalue weighted by molar-refractivity contribution is 6.36. The van der Waals surface area contributed by atoms with Gasteiger partial charge in [-0.25, -0.2) is 0 Å². The van der Waals surface area contributed by atoms with Gasteiger partial charge in [0.1, 0.15) is 24.3 Å². The number of carbonyl (C=O) groups excluding carboxylic acids is 6. The quantitative estimate of drug-likeness (QED) is 0.261. The zero-order valence-electron chi connectivity index (χ0n) is 25.3. The Morgan fingerprint density at radius 3 is 2.32 bits per heavy atom. The summed E-state index contributed by atoms with van der Waals surface area (Å²) in [5, 5.41) is 10.6. The molecule has 13 heteroatoms. The van der Waals surface area contributed by atoms with Crippen molar-refractivity contribution in [1.29, 1.82) is 0 Å². The molecule has 238 valence electrons. The summed E-state index contributed by atoms with van der Waals surface area (Å²) in [7, 11) is 1.31. The Labute approximate surface area is 255 Å². The molecule has 0 radical (unpaired) electrons. The SMILES string of the molecule is CNC(=O)C(=O)CC[C@H](NC(=O)[C@@H]1CCCN1C(C)=O)C(=O)Nc1cccn(CC(=O)NC2C3CC4CC(C3)CC2C4)c1=O. The Hall–Kier alpha value is -4.03. The van der Waals surface area contributed by atoms with Gasteiger partial charge in [-0.15, -0.1) is 0 Å². The lowest BCUT2D eigenvalue weighted by Crippen LogP contribution is -2.56. The number of nitrogens with zero attached hydrogens (tertiary/aromatic N) is 2. The van der Waals surface area contributed by atoms with Crippen molar-refractivity contribution in [2.75, 3.05) is 18.9 Å². The molecule has 1 aromatic rings. The number of likely N-dealkylation sites (tertiary alicyclic amines) is 1. The van der Waals surface area contributed by atoms with Crippen LogP contribution in [0.3, 0.4) is 0 Å². The van der Waals surface area contributed by atoms with Crippen molar-refractivity contribution in [2.45, 2.75) is 89.4 Å². The number of anilines is 1. The first-order chi connectivity index (χ1) is 21.0. The Kier molecular flexibility index (Phi) is 9.50. The predicted octanol–water partition coefficient (Wildman–Crippen LogP) is 0.319. The average molecular weight is 611 g/mol. The van der Waals surface area contributed by atoms with E-state index in [0.29, 0.717) is 31.2 Å². The molecule has 1 aromatic heterocycles. The van der Waals surface area contributed by atoms with Crippen molar-refractivity contribution in [3.63, 3.8) is 0 Å². The fourth-order valence-electron chi connectivity index (χ4n) is 8.00. The minimum absolute atomic E-state index is 0.0944. The number of hydrogen-bond acceptors (Lipinski definition) is 7. The normalized spacial score (nSPS) is 27.4. The molecule has 0 aromatic carbocycles. The van der Waals surface area contributed by atoms with Crippen LogP contribution in [0.25, 0.3) is 0 Å². The molecule has 5 fully saturated rings. The number of amides is 5. The maximum absolute atomic E-state index is 13.4. The lowest BCUT2D eigenvalue weighted by atomic mass is 9.54. The molecular weight excluding hydrogens is 568 g/mol. The van der Waals surface area contributed by atoms with E-state index >= 15 is 0 Å². The van der Waals surface area contributed by atoms with E-state index in [0.717, 1.165) is 37.5 Å². The molecule has 4 aliphatic carbocycles. The van der Waals surface area contributed by atoms with Gasteiger partial charge in [0.25, 0.3) is 11.5 Å². The number of pyridine rings is 1. The molecule has 5 aliphatic rings. The summed E-state index contributed by atoms with van der Waals surface area (Å²) < 4.78 is 1.23. The average Bonchev–Trinajstić information content (AvgIpc) is 3.49. The second-order valence-corrected chi connectivity index (χ2v) is 12.8. The van der Waals surface area contributed by atoms with E-state index in [-0.39, 0.29) is 42.9 Å². The number of aromatic nitrogens is 1. The van der Waals surface area contributed by atoms with E-state index in [9.17, 15) is 33.6 Å². The van der Waals surface area contributed by atoms with E-state index in [2.05, 4.69) is 21.3 Å². The van der Waals surface area contributed by atoms with Gasteiger partial charge in [-0.3, -0.25) is 33.6 Å². The lowest BCUT2D eigenvalue weighted by molar-refractivity contribution is -0.138. The van der Waals surface area contributed by atoms with Crippen LogP contribution in [0.2, 0.25) is 0 Å². The number of carbonyl (C=O) groups is 6. The molecule has 5 amide bonds. The van der Waals surface area contributed by atoms with Crippen molar-refractivity contribution in [2.24, 2.45) is 23.7 Å². The summed E-state index contributed by atoms with van der Waals surface area (Å²) >= 11 is 0. The molecule has 4 N–H and O–H groups in total. The van der Waals surface area contributed by atoms with Gasteiger partial charge in [-0.2, -0.15) is 0 Å². The van der Waals surface area contributed by atoms with Crippen LogP contribution >= 0.6 is 0 Å². The number of Topliss-reactive ketones (excluding diaryl/α,β-unsaturated/α-hetero) is 1. The number of likely N-dealkylation sites (N-methyl/N-ethyl adjacent to an activating group) is 1. The summed E-state index contributed by atoms with van der Waals surface area (Å²) in [4.78, 5) is 90.1. The summed E-state index contributed by atoms with van der Waals surface area (Å²) in [5.74, 6) is -0.900. The molecule has 44 heavy (non-hydrogen) atoms. The van der Waals surface area contributed by atoms with Gasteiger partial charge in [0, 0.05) is 39.2 Å². The van der Waals surface area contributed by atoms with E-state index in [4.69, 9.17) is 0 Å². The second kappa shape index (κ2) is 13.3. The summed E-state index contributed by atoms with van der Waals surface area (Å²) in [5.41, 5.74) is -0.686. The molecule has 2 atom stereocenters. The third-order valence-electron chi connectivity index (χ3n) is 9.88. The van der Waals surface area contributed by atoms with Crippen molar-refractivity contribution >= 4 is 41.0 Å². The fourth-order valence-corrected chi connectivity index (χ4v) is 8.00. The first kappa shape index (κ1) is 31.4. The van der Waals surface area contributed by atoms with E-state index in [1.54, 1.807) is 6.07 Å².